The van der Waals surface area contributed by atoms with Crippen molar-refractivity contribution in [2.75, 3.05) is 44.3 Å². The summed E-state index contributed by atoms with van der Waals surface area (Å²) < 4.78 is 5.32. The number of carbonyl (C=O) groups excluding carboxylic acids is 1. The van der Waals surface area contributed by atoms with Crippen LogP contribution in [-0.4, -0.2) is 61.3 Å². The van der Waals surface area contributed by atoms with Gasteiger partial charge in [0, 0.05) is 30.9 Å². The first-order valence-corrected chi connectivity index (χ1v) is 7.55. The second kappa shape index (κ2) is 7.79. The van der Waals surface area contributed by atoms with Crippen molar-refractivity contribution in [3.8, 4) is 0 Å². The molecular formula is C16H22N2O4. The third kappa shape index (κ3) is 4.21. The normalized spacial score (nSPS) is 14.7. The van der Waals surface area contributed by atoms with Crippen molar-refractivity contribution in [1.29, 1.82) is 0 Å². The molecule has 0 aliphatic carbocycles. The molecule has 0 atom stereocenters. The average Bonchev–Trinajstić information content (AvgIpc) is 2.54. The zero-order valence-corrected chi connectivity index (χ0v) is 12.8. The van der Waals surface area contributed by atoms with E-state index in [1.54, 1.807) is 12.1 Å². The molecule has 1 aliphatic heterocycles. The van der Waals surface area contributed by atoms with Gasteiger partial charge in [0.25, 0.3) is 5.91 Å². The van der Waals surface area contributed by atoms with Gasteiger partial charge in [0.05, 0.1) is 13.2 Å². The fraction of sp³-hybridized carbons (Fsp3) is 0.500. The Morgan fingerprint density at radius 2 is 1.86 bits per heavy atom. The topological polar surface area (TPSA) is 70.1 Å². The Morgan fingerprint density at radius 1 is 1.23 bits per heavy atom. The molecule has 0 radical (unpaired) electrons. The number of carboxylic acid groups (broad SMARTS) is 1. The lowest BCUT2D eigenvalue weighted by atomic mass is 10.1. The Bertz CT molecular complexity index is 509. The maximum atomic E-state index is 12.4. The minimum absolute atomic E-state index is 0.238. The van der Waals surface area contributed by atoms with Crippen LogP contribution in [0.15, 0.2) is 24.3 Å². The third-order valence-electron chi connectivity index (χ3n) is 3.60. The second-order valence-corrected chi connectivity index (χ2v) is 5.27. The highest BCUT2D eigenvalue weighted by Gasteiger charge is 2.18. The molecule has 1 fully saturated rings. The number of ether oxygens (including phenoxy) is 1. The zero-order valence-electron chi connectivity index (χ0n) is 12.8. The first kappa shape index (κ1) is 16.3. The lowest BCUT2D eigenvalue weighted by molar-refractivity contribution is -0.137. The van der Waals surface area contributed by atoms with E-state index < -0.39 is 5.97 Å². The van der Waals surface area contributed by atoms with Gasteiger partial charge in [0.1, 0.15) is 6.54 Å². The molecule has 0 aromatic heterocycles. The van der Waals surface area contributed by atoms with Crippen LogP contribution in [0.1, 0.15) is 23.7 Å². The number of carboxylic acids is 1. The van der Waals surface area contributed by atoms with Crippen molar-refractivity contribution < 1.29 is 19.4 Å². The molecule has 0 saturated carbocycles. The standard InChI is InChI=1S/C16H22N2O4/c1-2-7-18(12-15(19)20)16(21)13-3-5-14(6-4-13)17-8-10-22-11-9-17/h3-6H,2,7-12H2,1H3,(H,19,20). The summed E-state index contributed by atoms with van der Waals surface area (Å²) in [7, 11) is 0. The Labute approximate surface area is 130 Å². The molecule has 1 aromatic carbocycles. The first-order chi connectivity index (χ1) is 10.6. The van der Waals surface area contributed by atoms with E-state index in [1.165, 1.54) is 4.90 Å². The Kier molecular flexibility index (Phi) is 5.77. The summed E-state index contributed by atoms with van der Waals surface area (Å²) in [5, 5.41) is 8.91. The zero-order chi connectivity index (χ0) is 15.9. The van der Waals surface area contributed by atoms with Crippen molar-refractivity contribution >= 4 is 17.6 Å². The van der Waals surface area contributed by atoms with Gasteiger partial charge in [0.2, 0.25) is 0 Å². The predicted octanol–water partition coefficient (Wildman–Crippen LogP) is 1.46. The van der Waals surface area contributed by atoms with E-state index >= 15 is 0 Å². The molecule has 1 aromatic rings. The van der Waals surface area contributed by atoms with E-state index in [2.05, 4.69) is 4.90 Å². The lowest BCUT2D eigenvalue weighted by Crippen LogP contribution is -2.37. The molecule has 6 heteroatoms. The van der Waals surface area contributed by atoms with E-state index in [0.29, 0.717) is 25.3 Å². The quantitative estimate of drug-likeness (QED) is 0.861. The van der Waals surface area contributed by atoms with E-state index in [0.717, 1.165) is 25.2 Å². The molecule has 0 spiro atoms. The monoisotopic (exact) mass is 306 g/mol. The Balaban J connectivity index is 2.07. The van der Waals surface area contributed by atoms with E-state index in [4.69, 9.17) is 9.84 Å². The molecule has 0 unspecified atom stereocenters. The maximum absolute atomic E-state index is 12.4. The molecule has 1 N–H and O–H groups in total. The number of hydrogen-bond donors (Lipinski definition) is 1. The fourth-order valence-electron chi connectivity index (χ4n) is 2.50. The molecule has 1 saturated heterocycles. The van der Waals surface area contributed by atoms with Crippen LogP contribution in [0, 0.1) is 0 Å². The number of amides is 1. The average molecular weight is 306 g/mol. The largest absolute Gasteiger partial charge is 0.480 e. The smallest absolute Gasteiger partial charge is 0.323 e. The highest BCUT2D eigenvalue weighted by atomic mass is 16.5. The number of anilines is 1. The number of nitrogens with zero attached hydrogens (tertiary/aromatic N) is 2. The second-order valence-electron chi connectivity index (χ2n) is 5.27. The number of aliphatic carboxylic acids is 1. The van der Waals surface area contributed by atoms with Gasteiger partial charge in [-0.25, -0.2) is 0 Å². The van der Waals surface area contributed by atoms with Crippen molar-refractivity contribution in [3.05, 3.63) is 29.8 Å². The molecule has 22 heavy (non-hydrogen) atoms. The molecule has 1 amide bonds. The molecule has 1 heterocycles. The SMILES string of the molecule is CCCN(CC(=O)O)C(=O)c1ccc(N2CCOCC2)cc1. The molecule has 0 bridgehead atoms. The van der Waals surface area contributed by atoms with Gasteiger partial charge in [-0.3, -0.25) is 9.59 Å². The van der Waals surface area contributed by atoms with Gasteiger partial charge in [-0.2, -0.15) is 0 Å². The number of rotatable bonds is 6. The van der Waals surface area contributed by atoms with Crippen LogP contribution in [0.3, 0.4) is 0 Å². The van der Waals surface area contributed by atoms with Crippen LogP contribution in [-0.2, 0) is 9.53 Å². The summed E-state index contributed by atoms with van der Waals surface area (Å²) in [5.41, 5.74) is 1.58. The number of benzene rings is 1. The van der Waals surface area contributed by atoms with E-state index in [9.17, 15) is 9.59 Å². The van der Waals surface area contributed by atoms with Crippen LogP contribution in [0.5, 0.6) is 0 Å². The lowest BCUT2D eigenvalue weighted by Gasteiger charge is -2.29. The van der Waals surface area contributed by atoms with Crippen LogP contribution in [0.25, 0.3) is 0 Å². The first-order valence-electron chi connectivity index (χ1n) is 7.55. The van der Waals surface area contributed by atoms with E-state index in [1.807, 2.05) is 19.1 Å². The van der Waals surface area contributed by atoms with Gasteiger partial charge in [-0.05, 0) is 30.7 Å². The van der Waals surface area contributed by atoms with Crippen molar-refractivity contribution in [1.82, 2.24) is 4.90 Å². The Morgan fingerprint density at radius 3 is 2.41 bits per heavy atom. The molecular weight excluding hydrogens is 284 g/mol. The van der Waals surface area contributed by atoms with Crippen molar-refractivity contribution in [2.45, 2.75) is 13.3 Å². The highest BCUT2D eigenvalue weighted by molar-refractivity contribution is 5.96. The number of carbonyl (C=O) groups is 2. The van der Waals surface area contributed by atoms with Gasteiger partial charge in [0.15, 0.2) is 0 Å². The number of morpholine rings is 1. The third-order valence-corrected chi connectivity index (χ3v) is 3.60. The Hall–Kier alpha value is -2.08. The summed E-state index contributed by atoms with van der Waals surface area (Å²) in [4.78, 5) is 26.8. The van der Waals surface area contributed by atoms with Crippen LogP contribution >= 0.6 is 0 Å². The van der Waals surface area contributed by atoms with Gasteiger partial charge >= 0.3 is 5.97 Å². The van der Waals surface area contributed by atoms with Crippen LogP contribution < -0.4 is 4.90 Å². The maximum Gasteiger partial charge on any atom is 0.323 e. The predicted molar refractivity (Wildman–Crippen MR) is 83.3 cm³/mol. The van der Waals surface area contributed by atoms with Crippen molar-refractivity contribution in [2.24, 2.45) is 0 Å². The summed E-state index contributed by atoms with van der Waals surface area (Å²) in [5.74, 6) is -1.23. The van der Waals surface area contributed by atoms with Crippen LogP contribution in [0.2, 0.25) is 0 Å². The molecule has 1 aliphatic rings. The van der Waals surface area contributed by atoms with Gasteiger partial charge < -0.3 is 19.6 Å². The van der Waals surface area contributed by atoms with Gasteiger partial charge in [-0.1, -0.05) is 6.92 Å². The minimum atomic E-state index is -0.994. The molecule has 2 rings (SSSR count). The van der Waals surface area contributed by atoms with E-state index in [-0.39, 0.29) is 12.5 Å². The fourth-order valence-corrected chi connectivity index (χ4v) is 2.50. The molecule has 6 nitrogen and oxygen atoms in total. The molecule has 120 valence electrons. The summed E-state index contributed by atoms with van der Waals surface area (Å²) in [6.45, 7) is 5.20. The van der Waals surface area contributed by atoms with Gasteiger partial charge in [-0.15, -0.1) is 0 Å². The van der Waals surface area contributed by atoms with Crippen LogP contribution in [0.4, 0.5) is 5.69 Å². The minimum Gasteiger partial charge on any atom is -0.480 e. The highest BCUT2D eigenvalue weighted by Crippen LogP contribution is 2.17. The summed E-state index contributed by atoms with van der Waals surface area (Å²) in [6, 6.07) is 7.34. The number of hydrogen-bond acceptors (Lipinski definition) is 4. The summed E-state index contributed by atoms with van der Waals surface area (Å²) in [6.07, 6.45) is 0.727. The summed E-state index contributed by atoms with van der Waals surface area (Å²) >= 11 is 0. The van der Waals surface area contributed by atoms with Crippen molar-refractivity contribution in [3.63, 3.8) is 0 Å².